The molecular formula is C14H19BrN2O5. The number of nitro benzene ring substituents is 1. The number of hydrogen-bond acceptors (Lipinski definition) is 5. The van der Waals surface area contributed by atoms with Crippen LogP contribution in [0.25, 0.3) is 0 Å². The van der Waals surface area contributed by atoms with Crippen molar-refractivity contribution in [1.82, 2.24) is 5.32 Å². The molecule has 2 N–H and O–H groups in total. The SMILES string of the molecule is CC(C)(C)OC(=O)N[C@@H](CBr)[C@@H](O)c1ccc([N+](=O)[O-])cc1. The average Bonchev–Trinajstić information content (AvgIpc) is 2.42. The van der Waals surface area contributed by atoms with E-state index in [1.807, 2.05) is 0 Å². The Hall–Kier alpha value is -1.67. The Morgan fingerprint density at radius 1 is 1.41 bits per heavy atom. The number of non-ortho nitro benzene ring substituents is 1. The maximum absolute atomic E-state index is 11.8. The van der Waals surface area contributed by atoms with E-state index in [4.69, 9.17) is 4.74 Å². The number of nitrogens with one attached hydrogen (secondary N) is 1. The lowest BCUT2D eigenvalue weighted by atomic mass is 10.0. The van der Waals surface area contributed by atoms with Gasteiger partial charge in [0.2, 0.25) is 0 Å². The van der Waals surface area contributed by atoms with Crippen molar-refractivity contribution in [2.45, 2.75) is 38.5 Å². The van der Waals surface area contributed by atoms with Crippen LogP contribution < -0.4 is 5.32 Å². The highest BCUT2D eigenvalue weighted by atomic mass is 79.9. The van der Waals surface area contributed by atoms with Crippen molar-refractivity contribution in [3.05, 3.63) is 39.9 Å². The second-order valence-corrected chi connectivity index (χ2v) is 6.35. The number of carbonyl (C=O) groups excluding carboxylic acids is 1. The Kier molecular flexibility index (Phi) is 6.31. The van der Waals surface area contributed by atoms with Crippen LogP contribution in [-0.2, 0) is 4.74 Å². The van der Waals surface area contributed by atoms with Gasteiger partial charge in [-0.25, -0.2) is 4.79 Å². The average molecular weight is 375 g/mol. The number of aliphatic hydroxyl groups is 1. The molecule has 0 aliphatic carbocycles. The molecule has 8 heteroatoms. The highest BCUT2D eigenvalue weighted by Gasteiger charge is 2.25. The molecule has 122 valence electrons. The third-order valence-electron chi connectivity index (χ3n) is 2.69. The van der Waals surface area contributed by atoms with Crippen LogP contribution >= 0.6 is 15.9 Å². The number of alkyl carbamates (subject to hydrolysis) is 1. The molecule has 0 bridgehead atoms. The summed E-state index contributed by atoms with van der Waals surface area (Å²) >= 11 is 3.22. The maximum atomic E-state index is 11.8. The molecule has 22 heavy (non-hydrogen) atoms. The number of ether oxygens (including phenoxy) is 1. The highest BCUT2D eigenvalue weighted by Crippen LogP contribution is 2.21. The highest BCUT2D eigenvalue weighted by molar-refractivity contribution is 9.09. The van der Waals surface area contributed by atoms with Crippen LogP contribution in [0.5, 0.6) is 0 Å². The first kappa shape index (κ1) is 18.4. The van der Waals surface area contributed by atoms with E-state index in [9.17, 15) is 20.0 Å². The largest absolute Gasteiger partial charge is 0.444 e. The van der Waals surface area contributed by atoms with E-state index >= 15 is 0 Å². The van der Waals surface area contributed by atoms with Crippen molar-refractivity contribution in [2.24, 2.45) is 0 Å². The predicted octanol–water partition coefficient (Wildman–Crippen LogP) is 2.92. The number of aliphatic hydroxyl groups excluding tert-OH is 1. The van der Waals surface area contributed by atoms with Crippen LogP contribution in [0.4, 0.5) is 10.5 Å². The zero-order valence-electron chi connectivity index (χ0n) is 12.6. The van der Waals surface area contributed by atoms with Gasteiger partial charge in [-0.2, -0.15) is 0 Å². The number of nitro groups is 1. The molecule has 7 nitrogen and oxygen atoms in total. The zero-order valence-corrected chi connectivity index (χ0v) is 14.2. The fraction of sp³-hybridized carbons (Fsp3) is 0.500. The summed E-state index contributed by atoms with van der Waals surface area (Å²) < 4.78 is 5.14. The second-order valence-electron chi connectivity index (χ2n) is 5.70. The Bertz CT molecular complexity index is 527. The van der Waals surface area contributed by atoms with Gasteiger partial charge < -0.3 is 15.2 Å². The van der Waals surface area contributed by atoms with Gasteiger partial charge in [-0.1, -0.05) is 15.9 Å². The van der Waals surface area contributed by atoms with Crippen molar-refractivity contribution >= 4 is 27.7 Å². The number of hydrogen-bond donors (Lipinski definition) is 2. The van der Waals surface area contributed by atoms with Gasteiger partial charge in [-0.15, -0.1) is 0 Å². The number of amides is 1. The minimum atomic E-state index is -1.02. The molecule has 0 aliphatic rings. The first-order valence-corrected chi connectivity index (χ1v) is 7.74. The van der Waals surface area contributed by atoms with Gasteiger partial charge in [0.15, 0.2) is 0 Å². The third-order valence-corrected chi connectivity index (χ3v) is 3.39. The molecule has 0 radical (unpaired) electrons. The number of rotatable bonds is 5. The maximum Gasteiger partial charge on any atom is 0.408 e. The molecule has 0 spiro atoms. The van der Waals surface area contributed by atoms with Crippen LogP contribution in [-0.4, -0.2) is 33.1 Å². The molecule has 0 aromatic heterocycles. The van der Waals surface area contributed by atoms with Gasteiger partial charge in [0, 0.05) is 17.5 Å². The Labute approximate surface area is 136 Å². The summed E-state index contributed by atoms with van der Waals surface area (Å²) in [7, 11) is 0. The Morgan fingerprint density at radius 3 is 2.36 bits per heavy atom. The Morgan fingerprint density at radius 2 is 1.95 bits per heavy atom. The molecule has 1 aromatic rings. The lowest BCUT2D eigenvalue weighted by molar-refractivity contribution is -0.384. The first-order chi connectivity index (χ1) is 10.1. The molecule has 0 unspecified atom stereocenters. The van der Waals surface area contributed by atoms with Gasteiger partial charge in [-0.05, 0) is 38.5 Å². The molecular weight excluding hydrogens is 356 g/mol. The quantitative estimate of drug-likeness (QED) is 0.468. The molecule has 2 atom stereocenters. The van der Waals surface area contributed by atoms with Crippen LogP contribution in [0, 0.1) is 10.1 Å². The molecule has 0 saturated heterocycles. The monoisotopic (exact) mass is 374 g/mol. The van der Waals surface area contributed by atoms with Gasteiger partial charge in [0.25, 0.3) is 5.69 Å². The molecule has 1 aromatic carbocycles. The van der Waals surface area contributed by atoms with Crippen molar-refractivity contribution < 1.29 is 19.6 Å². The molecule has 0 heterocycles. The number of nitrogens with zero attached hydrogens (tertiary/aromatic N) is 1. The summed E-state index contributed by atoms with van der Waals surface area (Å²) in [5.74, 6) is 0. The van der Waals surface area contributed by atoms with Gasteiger partial charge in [0.05, 0.1) is 11.0 Å². The van der Waals surface area contributed by atoms with Crippen LogP contribution in [0.15, 0.2) is 24.3 Å². The van der Waals surface area contributed by atoms with E-state index in [0.29, 0.717) is 10.9 Å². The van der Waals surface area contributed by atoms with Crippen molar-refractivity contribution in [1.29, 1.82) is 0 Å². The summed E-state index contributed by atoms with van der Waals surface area (Å²) in [6.07, 6.45) is -1.66. The smallest absolute Gasteiger partial charge is 0.408 e. The number of halogens is 1. The third kappa shape index (κ3) is 5.61. The van der Waals surface area contributed by atoms with E-state index in [1.54, 1.807) is 20.8 Å². The van der Waals surface area contributed by atoms with Crippen LogP contribution in [0.3, 0.4) is 0 Å². The fourth-order valence-corrected chi connectivity index (χ4v) is 2.20. The number of carbonyl (C=O) groups is 1. The molecule has 0 aliphatic heterocycles. The summed E-state index contributed by atoms with van der Waals surface area (Å²) in [6, 6.07) is 4.88. The lowest BCUT2D eigenvalue weighted by Crippen LogP contribution is -2.43. The molecule has 1 amide bonds. The number of benzene rings is 1. The van der Waals surface area contributed by atoms with E-state index in [2.05, 4.69) is 21.2 Å². The lowest BCUT2D eigenvalue weighted by Gasteiger charge is -2.25. The second kappa shape index (κ2) is 7.55. The van der Waals surface area contributed by atoms with Gasteiger partial charge in [-0.3, -0.25) is 10.1 Å². The molecule has 0 fully saturated rings. The van der Waals surface area contributed by atoms with Crippen LogP contribution in [0.1, 0.15) is 32.4 Å². The van der Waals surface area contributed by atoms with E-state index in [-0.39, 0.29) is 5.69 Å². The predicted molar refractivity (Wildman–Crippen MR) is 85.0 cm³/mol. The first-order valence-electron chi connectivity index (χ1n) is 6.62. The number of alkyl halides is 1. The standard InChI is InChI=1S/C14H19BrN2O5/c1-14(2,3)22-13(19)16-11(8-15)12(18)9-4-6-10(7-5-9)17(20)21/h4-7,11-12,18H,8H2,1-3H3,(H,16,19)/t11-,12-/m0/s1. The van der Waals surface area contributed by atoms with Crippen molar-refractivity contribution in [3.8, 4) is 0 Å². The van der Waals surface area contributed by atoms with Gasteiger partial charge in [0.1, 0.15) is 11.7 Å². The minimum Gasteiger partial charge on any atom is -0.444 e. The summed E-state index contributed by atoms with van der Waals surface area (Å²) in [4.78, 5) is 21.8. The summed E-state index contributed by atoms with van der Waals surface area (Å²) in [5.41, 5.74) is -0.239. The van der Waals surface area contributed by atoms with E-state index in [1.165, 1.54) is 24.3 Å². The summed E-state index contributed by atoms with van der Waals surface area (Å²) in [6.45, 7) is 5.22. The minimum absolute atomic E-state index is 0.0635. The van der Waals surface area contributed by atoms with E-state index < -0.39 is 28.8 Å². The Balaban J connectivity index is 2.77. The topological polar surface area (TPSA) is 102 Å². The molecule has 0 saturated carbocycles. The van der Waals surface area contributed by atoms with Crippen molar-refractivity contribution in [3.63, 3.8) is 0 Å². The van der Waals surface area contributed by atoms with Gasteiger partial charge >= 0.3 is 6.09 Å². The summed E-state index contributed by atoms with van der Waals surface area (Å²) in [5, 5.41) is 23.8. The van der Waals surface area contributed by atoms with E-state index in [0.717, 1.165) is 0 Å². The molecule has 1 rings (SSSR count). The normalized spacial score (nSPS) is 14.0. The van der Waals surface area contributed by atoms with Crippen molar-refractivity contribution in [2.75, 3.05) is 5.33 Å². The fourth-order valence-electron chi connectivity index (χ4n) is 1.69. The zero-order chi connectivity index (χ0) is 16.9. The van der Waals surface area contributed by atoms with Crippen LogP contribution in [0.2, 0.25) is 0 Å².